The maximum Gasteiger partial charge on any atom is 0.247 e. The SMILES string of the molecule is CCc1nccn1C(C)C(=O)Nc1ccccc1C(N)=S. The van der Waals surface area contributed by atoms with E-state index in [0.717, 1.165) is 12.2 Å². The standard InChI is InChI=1S/C15H18N4OS/c1-3-13-17-8-9-19(13)10(2)15(20)18-12-7-5-4-6-11(12)14(16)21/h4-10H,3H2,1-2H3,(H2,16,21)(H,18,20). The van der Waals surface area contributed by atoms with Gasteiger partial charge in [0.15, 0.2) is 0 Å². The van der Waals surface area contributed by atoms with Gasteiger partial charge in [-0.3, -0.25) is 4.79 Å². The fraction of sp³-hybridized carbons (Fsp3) is 0.267. The zero-order valence-electron chi connectivity index (χ0n) is 12.0. The van der Waals surface area contributed by atoms with Crippen LogP contribution >= 0.6 is 12.2 Å². The molecule has 1 heterocycles. The summed E-state index contributed by atoms with van der Waals surface area (Å²) in [5.74, 6) is 0.742. The van der Waals surface area contributed by atoms with E-state index >= 15 is 0 Å². The lowest BCUT2D eigenvalue weighted by molar-refractivity contribution is -0.118. The van der Waals surface area contributed by atoms with Crippen molar-refractivity contribution >= 4 is 28.8 Å². The first kappa shape index (κ1) is 15.2. The van der Waals surface area contributed by atoms with Crippen molar-refractivity contribution in [2.24, 2.45) is 5.73 Å². The summed E-state index contributed by atoms with van der Waals surface area (Å²) in [5.41, 5.74) is 6.96. The zero-order chi connectivity index (χ0) is 15.4. The third-order valence-corrected chi connectivity index (χ3v) is 3.53. The molecule has 0 radical (unpaired) electrons. The molecule has 0 aliphatic carbocycles. The molecule has 5 nitrogen and oxygen atoms in total. The number of benzene rings is 1. The maximum atomic E-state index is 12.4. The molecule has 0 fully saturated rings. The molecule has 0 aliphatic rings. The number of aromatic nitrogens is 2. The topological polar surface area (TPSA) is 72.9 Å². The molecule has 1 atom stereocenters. The molecule has 1 amide bonds. The number of rotatable bonds is 5. The number of hydrogen-bond donors (Lipinski definition) is 2. The Bertz CT molecular complexity index is 665. The second-order valence-corrected chi connectivity index (χ2v) is 5.12. The van der Waals surface area contributed by atoms with E-state index in [4.69, 9.17) is 18.0 Å². The van der Waals surface area contributed by atoms with E-state index in [2.05, 4.69) is 10.3 Å². The van der Waals surface area contributed by atoms with Crippen LogP contribution in [0.4, 0.5) is 5.69 Å². The summed E-state index contributed by atoms with van der Waals surface area (Å²) >= 11 is 5.00. The van der Waals surface area contributed by atoms with Gasteiger partial charge in [-0.15, -0.1) is 0 Å². The third-order valence-electron chi connectivity index (χ3n) is 3.31. The van der Waals surface area contributed by atoms with Crippen LogP contribution in [0.2, 0.25) is 0 Å². The summed E-state index contributed by atoms with van der Waals surface area (Å²) < 4.78 is 1.86. The van der Waals surface area contributed by atoms with Gasteiger partial charge in [0.2, 0.25) is 5.91 Å². The van der Waals surface area contributed by atoms with Crippen molar-refractivity contribution in [3.05, 3.63) is 48.0 Å². The Morgan fingerprint density at radius 1 is 1.48 bits per heavy atom. The Kier molecular flexibility index (Phi) is 4.70. The summed E-state index contributed by atoms with van der Waals surface area (Å²) in [4.78, 5) is 16.9. The average molecular weight is 302 g/mol. The summed E-state index contributed by atoms with van der Waals surface area (Å²) in [6.07, 6.45) is 4.28. The first-order chi connectivity index (χ1) is 10.0. The number of para-hydroxylation sites is 1. The van der Waals surface area contributed by atoms with Crippen LogP contribution in [-0.2, 0) is 11.2 Å². The summed E-state index contributed by atoms with van der Waals surface area (Å²) in [7, 11) is 0. The Labute approximate surface area is 129 Å². The lowest BCUT2D eigenvalue weighted by Crippen LogP contribution is -2.26. The molecule has 1 unspecified atom stereocenters. The number of amides is 1. The number of anilines is 1. The first-order valence-electron chi connectivity index (χ1n) is 6.76. The van der Waals surface area contributed by atoms with Gasteiger partial charge in [0.05, 0.1) is 5.69 Å². The lowest BCUT2D eigenvalue weighted by Gasteiger charge is -2.17. The molecule has 3 N–H and O–H groups in total. The van der Waals surface area contributed by atoms with Crippen LogP contribution in [0.15, 0.2) is 36.7 Å². The van der Waals surface area contributed by atoms with E-state index in [1.165, 1.54) is 0 Å². The van der Waals surface area contributed by atoms with E-state index in [0.29, 0.717) is 11.3 Å². The number of nitrogens with one attached hydrogen (secondary N) is 1. The van der Waals surface area contributed by atoms with E-state index < -0.39 is 0 Å². The van der Waals surface area contributed by atoms with Gasteiger partial charge < -0.3 is 15.6 Å². The van der Waals surface area contributed by atoms with Crippen LogP contribution in [0, 0.1) is 0 Å². The zero-order valence-corrected chi connectivity index (χ0v) is 12.9. The van der Waals surface area contributed by atoms with Gasteiger partial charge >= 0.3 is 0 Å². The minimum Gasteiger partial charge on any atom is -0.389 e. The number of aryl methyl sites for hydroxylation is 1. The summed E-state index contributed by atoms with van der Waals surface area (Å²) in [5, 5.41) is 2.88. The smallest absolute Gasteiger partial charge is 0.247 e. The number of imidazole rings is 1. The first-order valence-corrected chi connectivity index (χ1v) is 7.16. The van der Waals surface area contributed by atoms with Crippen LogP contribution < -0.4 is 11.1 Å². The Balaban J connectivity index is 2.20. The molecule has 0 spiro atoms. The van der Waals surface area contributed by atoms with Gasteiger partial charge in [-0.25, -0.2) is 4.98 Å². The van der Waals surface area contributed by atoms with Crippen LogP contribution in [-0.4, -0.2) is 20.4 Å². The van der Waals surface area contributed by atoms with Gasteiger partial charge in [-0.2, -0.15) is 0 Å². The number of carbonyl (C=O) groups excluding carboxylic acids is 1. The van der Waals surface area contributed by atoms with Crippen molar-refractivity contribution in [1.82, 2.24) is 9.55 Å². The molecular formula is C15H18N4OS. The maximum absolute atomic E-state index is 12.4. The molecule has 1 aromatic carbocycles. The predicted octanol–water partition coefficient (Wildman–Crippen LogP) is 2.28. The lowest BCUT2D eigenvalue weighted by atomic mass is 10.1. The Morgan fingerprint density at radius 3 is 2.86 bits per heavy atom. The van der Waals surface area contributed by atoms with Gasteiger partial charge in [0.1, 0.15) is 16.9 Å². The molecule has 1 aromatic heterocycles. The number of thiocarbonyl (C=S) groups is 1. The van der Waals surface area contributed by atoms with Crippen LogP contribution in [0.5, 0.6) is 0 Å². The van der Waals surface area contributed by atoms with Crippen molar-refractivity contribution in [1.29, 1.82) is 0 Å². The van der Waals surface area contributed by atoms with E-state index in [1.54, 1.807) is 18.3 Å². The quantitative estimate of drug-likeness (QED) is 0.831. The van der Waals surface area contributed by atoms with Crippen molar-refractivity contribution in [2.45, 2.75) is 26.3 Å². The minimum absolute atomic E-state index is 0.133. The number of carbonyl (C=O) groups is 1. The van der Waals surface area contributed by atoms with Crippen LogP contribution in [0.1, 0.15) is 31.3 Å². The number of hydrogen-bond acceptors (Lipinski definition) is 3. The largest absolute Gasteiger partial charge is 0.389 e. The number of nitrogens with zero attached hydrogens (tertiary/aromatic N) is 2. The minimum atomic E-state index is -0.359. The Hall–Kier alpha value is -2.21. The fourth-order valence-electron chi connectivity index (χ4n) is 2.14. The number of nitrogens with two attached hydrogens (primary N) is 1. The van der Waals surface area contributed by atoms with Gasteiger partial charge in [0.25, 0.3) is 0 Å². The molecular weight excluding hydrogens is 284 g/mol. The summed E-state index contributed by atoms with van der Waals surface area (Å²) in [6.45, 7) is 3.84. The van der Waals surface area contributed by atoms with Crippen molar-refractivity contribution in [2.75, 3.05) is 5.32 Å². The summed E-state index contributed by atoms with van der Waals surface area (Å²) in [6, 6.07) is 6.88. The van der Waals surface area contributed by atoms with Crippen molar-refractivity contribution in [3.63, 3.8) is 0 Å². The van der Waals surface area contributed by atoms with E-state index in [1.807, 2.05) is 36.7 Å². The normalized spacial score (nSPS) is 11.9. The van der Waals surface area contributed by atoms with Crippen molar-refractivity contribution < 1.29 is 4.79 Å². The second kappa shape index (κ2) is 6.49. The van der Waals surface area contributed by atoms with Gasteiger partial charge in [-0.1, -0.05) is 31.3 Å². The molecule has 2 rings (SSSR count). The molecule has 2 aromatic rings. The average Bonchev–Trinajstić information content (AvgIpc) is 2.95. The van der Waals surface area contributed by atoms with E-state index in [9.17, 15) is 4.79 Å². The molecule has 21 heavy (non-hydrogen) atoms. The van der Waals surface area contributed by atoms with Gasteiger partial charge in [0, 0.05) is 24.4 Å². The third kappa shape index (κ3) is 3.28. The van der Waals surface area contributed by atoms with Crippen LogP contribution in [0.3, 0.4) is 0 Å². The molecule has 0 saturated heterocycles. The second-order valence-electron chi connectivity index (χ2n) is 4.68. The highest BCUT2D eigenvalue weighted by Gasteiger charge is 2.18. The van der Waals surface area contributed by atoms with E-state index in [-0.39, 0.29) is 16.9 Å². The predicted molar refractivity (Wildman–Crippen MR) is 87.3 cm³/mol. The van der Waals surface area contributed by atoms with Crippen molar-refractivity contribution in [3.8, 4) is 0 Å². The molecule has 0 aliphatic heterocycles. The Morgan fingerprint density at radius 2 is 2.19 bits per heavy atom. The molecule has 6 heteroatoms. The highest BCUT2D eigenvalue weighted by Crippen LogP contribution is 2.18. The molecule has 0 bridgehead atoms. The van der Waals surface area contributed by atoms with Gasteiger partial charge in [-0.05, 0) is 19.1 Å². The highest BCUT2D eigenvalue weighted by atomic mass is 32.1. The fourth-order valence-corrected chi connectivity index (χ4v) is 2.32. The molecule has 0 saturated carbocycles. The van der Waals surface area contributed by atoms with Crippen LogP contribution in [0.25, 0.3) is 0 Å². The monoisotopic (exact) mass is 302 g/mol. The highest BCUT2D eigenvalue weighted by molar-refractivity contribution is 7.80. The molecule has 110 valence electrons.